The number of esters is 1. The number of amides is 2. The van der Waals surface area contributed by atoms with E-state index in [0.717, 1.165) is 28.7 Å². The first-order chi connectivity index (χ1) is 20.0. The van der Waals surface area contributed by atoms with Crippen molar-refractivity contribution in [1.29, 1.82) is 5.26 Å². The lowest BCUT2D eigenvalue weighted by atomic mass is 9.88. The summed E-state index contributed by atoms with van der Waals surface area (Å²) >= 11 is 0. The van der Waals surface area contributed by atoms with Gasteiger partial charge in [-0.25, -0.2) is 14.2 Å². The van der Waals surface area contributed by atoms with Crippen LogP contribution in [0.15, 0.2) is 78.2 Å². The number of carbonyl (C=O) groups is 2. The molecule has 0 aliphatic carbocycles. The molecule has 0 spiro atoms. The molecule has 12 heteroatoms. The largest absolute Gasteiger partial charge is 0.465 e. The standard InChI is InChI=1S/C30H31F3N6O3/c1-4-5-6-14-37-15-8-9-21-16-20(18-34)12-13-24(21)26-25(27(40)42-3)19(2)38(28(35)39(26)29(36)41)23-11-7-10-22(17-23)30(31,32)33/h4-7,10-14,16-17,26,35,37H,8-9,15H2,1-3H3,(H2,36,41)/p+2/b5-4-,14-6-/t26-/m1/s1. The molecule has 1 aliphatic heterocycles. The lowest BCUT2D eigenvalue weighted by Crippen LogP contribution is -2.78. The Balaban J connectivity index is 2.19. The van der Waals surface area contributed by atoms with E-state index in [0.29, 0.717) is 36.1 Å². The predicted octanol–water partition coefficient (Wildman–Crippen LogP) is 3.70. The first-order valence-electron chi connectivity index (χ1n) is 13.1. The fraction of sp³-hybridized carbons (Fsp3) is 0.267. The zero-order valence-electron chi connectivity index (χ0n) is 23.5. The van der Waals surface area contributed by atoms with Crippen molar-refractivity contribution in [3.63, 3.8) is 0 Å². The zero-order chi connectivity index (χ0) is 31.0. The minimum atomic E-state index is -4.65. The summed E-state index contributed by atoms with van der Waals surface area (Å²) < 4.78 is 46.8. The average molecular weight is 583 g/mol. The Labute approximate surface area is 241 Å². The van der Waals surface area contributed by atoms with Gasteiger partial charge in [0.15, 0.2) is 0 Å². The monoisotopic (exact) mass is 582 g/mol. The molecule has 0 fully saturated rings. The van der Waals surface area contributed by atoms with Crippen LogP contribution >= 0.6 is 0 Å². The number of benzene rings is 2. The number of rotatable bonds is 9. The van der Waals surface area contributed by atoms with Crippen LogP contribution in [0.2, 0.25) is 0 Å². The average Bonchev–Trinajstić information content (AvgIpc) is 2.95. The van der Waals surface area contributed by atoms with Crippen LogP contribution < -0.4 is 16.8 Å². The molecule has 0 unspecified atom stereocenters. The predicted molar refractivity (Wildman–Crippen MR) is 150 cm³/mol. The molecule has 2 aromatic rings. The van der Waals surface area contributed by atoms with Gasteiger partial charge in [-0.1, -0.05) is 24.3 Å². The van der Waals surface area contributed by atoms with Gasteiger partial charge in [0.05, 0.1) is 42.7 Å². The molecule has 1 heterocycles. The number of hydrogen-bond donors (Lipinski definition) is 3. The third kappa shape index (κ3) is 6.87. The number of alkyl halides is 3. The van der Waals surface area contributed by atoms with Gasteiger partial charge in [0.2, 0.25) is 0 Å². The van der Waals surface area contributed by atoms with Crippen LogP contribution in [0.25, 0.3) is 0 Å². The summed E-state index contributed by atoms with van der Waals surface area (Å²) in [4.78, 5) is 27.2. The van der Waals surface area contributed by atoms with Crippen molar-refractivity contribution in [3.05, 3.63) is 100 Å². The molecule has 0 bridgehead atoms. The second-order valence-electron chi connectivity index (χ2n) is 9.41. The highest BCUT2D eigenvalue weighted by molar-refractivity contribution is 5.99. The Bertz CT molecular complexity index is 1520. The molecule has 220 valence electrons. The SMILES string of the molecule is C/C=C\C=C/[NH2+]CCCc1cc(C#N)ccc1[C@@H]1C(C(=O)OC)=C(C)[N+](c2cccc(C(F)(F)F)c2)=C(N)N1C(N)=O. The molecule has 1 atom stereocenters. The van der Waals surface area contributed by atoms with Crippen LogP contribution in [-0.2, 0) is 22.1 Å². The number of nitriles is 1. The van der Waals surface area contributed by atoms with Crippen molar-refractivity contribution in [2.75, 3.05) is 13.7 Å². The summed E-state index contributed by atoms with van der Waals surface area (Å²) in [7, 11) is 1.15. The highest BCUT2D eigenvalue weighted by atomic mass is 19.4. The van der Waals surface area contributed by atoms with E-state index in [-0.39, 0.29) is 22.9 Å². The van der Waals surface area contributed by atoms with E-state index < -0.39 is 29.8 Å². The number of allylic oxidation sites excluding steroid dienone is 4. The highest BCUT2D eigenvalue weighted by Crippen LogP contribution is 2.40. The topological polar surface area (TPSA) is 142 Å². The second kappa shape index (κ2) is 13.6. The number of nitrogens with two attached hydrogens (primary N) is 3. The van der Waals surface area contributed by atoms with E-state index in [2.05, 4.69) is 6.07 Å². The Kier molecular flexibility index (Phi) is 10.3. The Hall–Kier alpha value is -4.89. The van der Waals surface area contributed by atoms with Gasteiger partial charge in [0.1, 0.15) is 17.3 Å². The third-order valence-corrected chi connectivity index (χ3v) is 6.74. The van der Waals surface area contributed by atoms with Crippen LogP contribution in [0.4, 0.5) is 23.7 Å². The molecule has 2 amide bonds. The first-order valence-corrected chi connectivity index (χ1v) is 13.1. The van der Waals surface area contributed by atoms with Crippen LogP contribution in [0.3, 0.4) is 0 Å². The number of hydrogen-bond acceptors (Lipinski definition) is 5. The number of nitrogens with zero attached hydrogens (tertiary/aromatic N) is 3. The second-order valence-corrected chi connectivity index (χ2v) is 9.41. The van der Waals surface area contributed by atoms with Crippen molar-refractivity contribution in [2.45, 2.75) is 38.9 Å². The zero-order valence-corrected chi connectivity index (χ0v) is 23.5. The van der Waals surface area contributed by atoms with Gasteiger partial charge in [0.25, 0.3) is 0 Å². The molecule has 0 saturated heterocycles. The third-order valence-electron chi connectivity index (χ3n) is 6.74. The fourth-order valence-corrected chi connectivity index (χ4v) is 4.83. The molecule has 0 saturated carbocycles. The van der Waals surface area contributed by atoms with Crippen molar-refractivity contribution in [1.82, 2.24) is 4.90 Å². The van der Waals surface area contributed by atoms with E-state index in [4.69, 9.17) is 16.2 Å². The van der Waals surface area contributed by atoms with Crippen LogP contribution in [-0.4, -0.2) is 41.1 Å². The maximum absolute atomic E-state index is 13.5. The van der Waals surface area contributed by atoms with Crippen molar-refractivity contribution >= 4 is 23.6 Å². The minimum absolute atomic E-state index is 0.0347. The molecular formula is C30H33F3N6O3+2. The number of halogens is 3. The first kappa shape index (κ1) is 31.6. The summed E-state index contributed by atoms with van der Waals surface area (Å²) in [6, 6.07) is 9.05. The lowest BCUT2D eigenvalue weighted by Gasteiger charge is -2.33. The van der Waals surface area contributed by atoms with E-state index in [1.807, 2.05) is 36.7 Å². The summed E-state index contributed by atoms with van der Waals surface area (Å²) in [5.41, 5.74) is 12.9. The fourth-order valence-electron chi connectivity index (χ4n) is 4.83. The Morgan fingerprint density at radius 3 is 2.57 bits per heavy atom. The quantitative estimate of drug-likeness (QED) is 0.179. The Morgan fingerprint density at radius 1 is 1.21 bits per heavy atom. The molecule has 9 nitrogen and oxygen atoms in total. The van der Waals surface area contributed by atoms with Crippen molar-refractivity contribution in [3.8, 4) is 6.07 Å². The van der Waals surface area contributed by atoms with Crippen molar-refractivity contribution < 1.29 is 37.4 Å². The number of guanidine groups is 1. The molecule has 42 heavy (non-hydrogen) atoms. The normalized spacial score (nSPS) is 15.9. The number of urea groups is 1. The molecule has 2 aromatic carbocycles. The lowest BCUT2D eigenvalue weighted by molar-refractivity contribution is -0.588. The summed E-state index contributed by atoms with van der Waals surface area (Å²) in [6.07, 6.45) is 4.14. The van der Waals surface area contributed by atoms with E-state index in [1.54, 1.807) is 18.2 Å². The molecular weight excluding hydrogens is 549 g/mol. The van der Waals surface area contributed by atoms with Gasteiger partial charge < -0.3 is 15.8 Å². The van der Waals surface area contributed by atoms with Gasteiger partial charge >= 0.3 is 24.1 Å². The number of primary amides is 1. The van der Waals surface area contributed by atoms with Crippen LogP contribution in [0.1, 0.15) is 48.6 Å². The van der Waals surface area contributed by atoms with Crippen molar-refractivity contribution in [2.24, 2.45) is 11.5 Å². The van der Waals surface area contributed by atoms with Crippen LogP contribution in [0, 0.1) is 11.3 Å². The Morgan fingerprint density at radius 2 is 1.95 bits per heavy atom. The summed E-state index contributed by atoms with van der Waals surface area (Å²) in [6.45, 7) is 4.13. The van der Waals surface area contributed by atoms with Gasteiger partial charge in [0, 0.05) is 6.42 Å². The minimum Gasteiger partial charge on any atom is -0.465 e. The molecule has 6 N–H and O–H groups in total. The molecule has 3 rings (SSSR count). The summed E-state index contributed by atoms with van der Waals surface area (Å²) in [5, 5.41) is 11.5. The highest BCUT2D eigenvalue weighted by Gasteiger charge is 2.47. The number of methoxy groups -OCH3 is 1. The van der Waals surface area contributed by atoms with Gasteiger partial charge in [-0.05, 0) is 67.8 Å². The van der Waals surface area contributed by atoms with Gasteiger partial charge in [-0.3, -0.25) is 5.73 Å². The van der Waals surface area contributed by atoms with E-state index >= 15 is 0 Å². The maximum atomic E-state index is 13.5. The smallest absolute Gasteiger partial charge is 0.416 e. The number of aryl methyl sites for hydroxylation is 1. The molecule has 0 radical (unpaired) electrons. The summed E-state index contributed by atoms with van der Waals surface area (Å²) in [5.74, 6) is -1.12. The van der Waals surface area contributed by atoms with E-state index in [1.165, 1.54) is 19.1 Å². The maximum Gasteiger partial charge on any atom is 0.416 e. The number of carbonyl (C=O) groups excluding carboxylic acids is 2. The van der Waals surface area contributed by atoms with Crippen LogP contribution in [0.5, 0.6) is 0 Å². The molecule has 1 aliphatic rings. The number of quaternary nitrogens is 1. The van der Waals surface area contributed by atoms with Gasteiger partial charge in [-0.2, -0.15) is 23.3 Å². The van der Waals surface area contributed by atoms with E-state index in [9.17, 15) is 28.0 Å². The molecule has 0 aromatic heterocycles. The van der Waals surface area contributed by atoms with Gasteiger partial charge in [-0.15, -0.1) is 0 Å². The number of ether oxygens (including phenoxy) is 1.